The van der Waals surface area contributed by atoms with Crippen molar-refractivity contribution in [2.45, 2.75) is 0 Å². The maximum atomic E-state index is 9.19. The number of fused-ring (bicyclic) bond motifs is 2. The third-order valence-electron chi connectivity index (χ3n) is 4.11. The van der Waals surface area contributed by atoms with Gasteiger partial charge in [0.2, 0.25) is 0 Å². The van der Waals surface area contributed by atoms with Crippen molar-refractivity contribution in [1.82, 2.24) is 15.0 Å². The molecule has 1 N–H and O–H groups in total. The summed E-state index contributed by atoms with van der Waals surface area (Å²) in [5.74, 6) is 2.06. The van der Waals surface area contributed by atoms with Crippen LogP contribution in [0.4, 0.5) is 5.82 Å². The molecule has 0 spiro atoms. The molecule has 19 heavy (non-hydrogen) atoms. The Labute approximate surface area is 110 Å². The second kappa shape index (κ2) is 3.93. The van der Waals surface area contributed by atoms with E-state index >= 15 is 0 Å². The van der Waals surface area contributed by atoms with Gasteiger partial charge in [0.25, 0.3) is 0 Å². The number of hydrogen-bond donors (Lipinski definition) is 1. The molecule has 2 saturated heterocycles. The average Bonchev–Trinajstić information content (AvgIpc) is 3.11. The SMILES string of the molecule is N#Cc1c[nH]c2ncnc(N3CC4COCC4C3)c12. The lowest BCUT2D eigenvalue weighted by Crippen LogP contribution is -2.23. The van der Waals surface area contributed by atoms with Crippen LogP contribution in [0, 0.1) is 23.2 Å². The van der Waals surface area contributed by atoms with Crippen LogP contribution < -0.4 is 4.90 Å². The fraction of sp³-hybridized carbons (Fsp3) is 0.462. The minimum atomic E-state index is 0.592. The fourth-order valence-corrected chi connectivity index (χ4v) is 3.13. The summed E-state index contributed by atoms with van der Waals surface area (Å²) in [6.45, 7) is 3.58. The van der Waals surface area contributed by atoms with E-state index in [4.69, 9.17) is 4.74 Å². The number of rotatable bonds is 1. The minimum absolute atomic E-state index is 0.592. The maximum Gasteiger partial charge on any atom is 0.144 e. The second-order valence-corrected chi connectivity index (χ2v) is 5.20. The molecular weight excluding hydrogens is 242 g/mol. The van der Waals surface area contributed by atoms with Gasteiger partial charge in [-0.15, -0.1) is 0 Å². The summed E-state index contributed by atoms with van der Waals surface area (Å²) in [5.41, 5.74) is 1.34. The summed E-state index contributed by atoms with van der Waals surface area (Å²) >= 11 is 0. The molecule has 6 heteroatoms. The van der Waals surface area contributed by atoms with E-state index in [1.165, 1.54) is 0 Å². The molecule has 0 aliphatic carbocycles. The van der Waals surface area contributed by atoms with Crippen molar-refractivity contribution in [2.75, 3.05) is 31.2 Å². The van der Waals surface area contributed by atoms with Crippen LogP contribution in [0.15, 0.2) is 12.5 Å². The summed E-state index contributed by atoms with van der Waals surface area (Å²) in [7, 11) is 0. The number of nitrogens with one attached hydrogen (secondary N) is 1. The number of hydrogen-bond acceptors (Lipinski definition) is 5. The fourth-order valence-electron chi connectivity index (χ4n) is 3.13. The summed E-state index contributed by atoms with van der Waals surface area (Å²) in [4.78, 5) is 13.9. The van der Waals surface area contributed by atoms with Crippen molar-refractivity contribution < 1.29 is 4.74 Å². The first-order chi connectivity index (χ1) is 9.36. The van der Waals surface area contributed by atoms with Gasteiger partial charge in [0.05, 0.1) is 24.2 Å². The summed E-state index contributed by atoms with van der Waals surface area (Å²) in [6.07, 6.45) is 3.25. The molecule has 2 fully saturated rings. The van der Waals surface area contributed by atoms with Gasteiger partial charge in [0.15, 0.2) is 0 Å². The molecule has 4 rings (SSSR count). The zero-order valence-corrected chi connectivity index (χ0v) is 10.3. The third kappa shape index (κ3) is 1.52. The van der Waals surface area contributed by atoms with Crippen LogP contribution >= 0.6 is 0 Å². The van der Waals surface area contributed by atoms with Crippen LogP contribution in [0.5, 0.6) is 0 Å². The van der Waals surface area contributed by atoms with Gasteiger partial charge in [-0.05, 0) is 0 Å². The molecule has 2 aliphatic heterocycles. The smallest absolute Gasteiger partial charge is 0.144 e. The Balaban J connectivity index is 1.79. The average molecular weight is 255 g/mol. The molecule has 0 aromatic carbocycles. The molecule has 2 atom stereocenters. The number of aromatic nitrogens is 3. The van der Waals surface area contributed by atoms with Crippen molar-refractivity contribution in [3.63, 3.8) is 0 Å². The maximum absolute atomic E-state index is 9.19. The van der Waals surface area contributed by atoms with E-state index < -0.39 is 0 Å². The first-order valence-electron chi connectivity index (χ1n) is 6.41. The Hall–Kier alpha value is -2.13. The van der Waals surface area contributed by atoms with Crippen LogP contribution in [-0.4, -0.2) is 41.3 Å². The van der Waals surface area contributed by atoms with E-state index in [1.807, 2.05) is 0 Å². The van der Waals surface area contributed by atoms with Gasteiger partial charge in [-0.25, -0.2) is 9.97 Å². The minimum Gasteiger partial charge on any atom is -0.381 e. The molecule has 96 valence electrons. The van der Waals surface area contributed by atoms with Crippen molar-refractivity contribution in [3.8, 4) is 6.07 Å². The molecule has 2 unspecified atom stereocenters. The lowest BCUT2D eigenvalue weighted by molar-refractivity contribution is 0.177. The number of anilines is 1. The molecule has 4 heterocycles. The predicted octanol–water partition coefficient (Wildman–Crippen LogP) is 0.912. The van der Waals surface area contributed by atoms with Gasteiger partial charge in [0.1, 0.15) is 23.9 Å². The molecule has 2 aromatic heterocycles. The molecular formula is C13H13N5O. The predicted molar refractivity (Wildman–Crippen MR) is 68.6 cm³/mol. The first kappa shape index (κ1) is 10.8. The Morgan fingerprint density at radius 2 is 2.11 bits per heavy atom. The monoisotopic (exact) mass is 255 g/mol. The van der Waals surface area contributed by atoms with Crippen LogP contribution in [0.25, 0.3) is 11.0 Å². The highest BCUT2D eigenvalue weighted by Crippen LogP contribution is 2.35. The first-order valence-corrected chi connectivity index (χ1v) is 6.41. The molecule has 2 aliphatic rings. The topological polar surface area (TPSA) is 77.8 Å². The Kier molecular flexibility index (Phi) is 2.23. The number of aromatic amines is 1. The zero-order chi connectivity index (χ0) is 12.8. The van der Waals surface area contributed by atoms with Gasteiger partial charge >= 0.3 is 0 Å². The third-order valence-corrected chi connectivity index (χ3v) is 4.11. The van der Waals surface area contributed by atoms with E-state index in [0.29, 0.717) is 17.4 Å². The number of nitrogens with zero attached hydrogens (tertiary/aromatic N) is 4. The zero-order valence-electron chi connectivity index (χ0n) is 10.3. The van der Waals surface area contributed by atoms with E-state index in [9.17, 15) is 5.26 Å². The summed E-state index contributed by atoms with van der Waals surface area (Å²) in [6, 6.07) is 2.20. The largest absolute Gasteiger partial charge is 0.381 e. The number of H-pyrrole nitrogens is 1. The van der Waals surface area contributed by atoms with Crippen molar-refractivity contribution in [1.29, 1.82) is 5.26 Å². The van der Waals surface area contributed by atoms with Crippen molar-refractivity contribution in [2.24, 2.45) is 11.8 Å². The van der Waals surface area contributed by atoms with Gasteiger partial charge in [-0.1, -0.05) is 0 Å². The molecule has 0 saturated carbocycles. The van der Waals surface area contributed by atoms with Crippen LogP contribution in [0.2, 0.25) is 0 Å². The highest BCUT2D eigenvalue weighted by molar-refractivity contribution is 5.92. The Bertz CT molecular complexity index is 661. The standard InChI is InChI=1S/C13H13N5O/c14-1-8-2-15-12-11(8)13(17-7-16-12)18-3-9-5-19-6-10(9)4-18/h2,7,9-10H,3-6H2,(H,15,16,17). The Morgan fingerprint density at radius 1 is 1.32 bits per heavy atom. The molecule has 0 bridgehead atoms. The van der Waals surface area contributed by atoms with Crippen LogP contribution in [-0.2, 0) is 4.74 Å². The Morgan fingerprint density at radius 3 is 2.84 bits per heavy atom. The molecule has 2 aromatic rings. The van der Waals surface area contributed by atoms with Crippen molar-refractivity contribution >= 4 is 16.9 Å². The lowest BCUT2D eigenvalue weighted by atomic mass is 10.0. The molecule has 0 radical (unpaired) electrons. The second-order valence-electron chi connectivity index (χ2n) is 5.20. The summed E-state index contributed by atoms with van der Waals surface area (Å²) in [5, 5.41) is 10.0. The van der Waals surface area contributed by atoms with Gasteiger partial charge in [-0.3, -0.25) is 0 Å². The van der Waals surface area contributed by atoms with E-state index in [-0.39, 0.29) is 0 Å². The van der Waals surface area contributed by atoms with Gasteiger partial charge in [0, 0.05) is 31.1 Å². The molecule has 0 amide bonds. The highest BCUT2D eigenvalue weighted by atomic mass is 16.5. The van der Waals surface area contributed by atoms with E-state index in [2.05, 4.69) is 25.9 Å². The van der Waals surface area contributed by atoms with Gasteiger partial charge in [-0.2, -0.15) is 5.26 Å². The van der Waals surface area contributed by atoms with Gasteiger partial charge < -0.3 is 14.6 Å². The van der Waals surface area contributed by atoms with Crippen LogP contribution in [0.3, 0.4) is 0 Å². The van der Waals surface area contributed by atoms with Crippen molar-refractivity contribution in [3.05, 3.63) is 18.1 Å². The number of nitriles is 1. The highest BCUT2D eigenvalue weighted by Gasteiger charge is 2.38. The summed E-state index contributed by atoms with van der Waals surface area (Å²) < 4.78 is 5.50. The normalized spacial score (nSPS) is 25.7. The van der Waals surface area contributed by atoms with Crippen LogP contribution in [0.1, 0.15) is 5.56 Å². The van der Waals surface area contributed by atoms with E-state index in [1.54, 1.807) is 12.5 Å². The van der Waals surface area contributed by atoms with E-state index in [0.717, 1.165) is 43.2 Å². The number of ether oxygens (including phenoxy) is 1. The quantitative estimate of drug-likeness (QED) is 0.819. The molecule has 6 nitrogen and oxygen atoms in total. The lowest BCUT2D eigenvalue weighted by Gasteiger charge is -2.19.